The Hall–Kier alpha value is -2.29. The van der Waals surface area contributed by atoms with Gasteiger partial charge in [0.05, 0.1) is 0 Å². The topological polar surface area (TPSA) is 87.1 Å². The Morgan fingerprint density at radius 1 is 1.18 bits per heavy atom. The molecule has 1 aromatic carbocycles. The third-order valence-corrected chi connectivity index (χ3v) is 2.84. The summed E-state index contributed by atoms with van der Waals surface area (Å²) in [6.45, 7) is 4.09. The molecule has 1 aromatic rings. The minimum Gasteiger partial charge on any atom is -0.482 e. The first-order valence-electron chi connectivity index (χ1n) is 6.25. The molecule has 1 fully saturated rings. The average Bonchev–Trinajstić information content (AvgIpc) is 2.41. The fourth-order valence-corrected chi connectivity index (χ4v) is 1.64. The second kappa shape index (κ2) is 7.64. The number of nitrogens with zero attached hydrogens (tertiary/aromatic N) is 1. The number of hydrogen-bond donors (Lipinski definition) is 2. The van der Waals surface area contributed by atoms with Crippen LogP contribution >= 0.6 is 0 Å². The molecule has 2 rings (SSSR count). The van der Waals surface area contributed by atoms with Gasteiger partial charge in [0, 0.05) is 13.1 Å². The summed E-state index contributed by atoms with van der Waals surface area (Å²) in [5.74, 6) is -7.47. The predicted octanol–water partition coefficient (Wildman–Crippen LogP) is 1.34. The van der Waals surface area contributed by atoms with Gasteiger partial charge in [0.15, 0.2) is 17.4 Å². The highest BCUT2D eigenvalue weighted by Gasteiger charge is 2.29. The van der Waals surface area contributed by atoms with Gasteiger partial charge in [0.1, 0.15) is 6.10 Å². The van der Waals surface area contributed by atoms with Gasteiger partial charge < -0.3 is 14.9 Å². The van der Waals surface area contributed by atoms with E-state index >= 15 is 0 Å². The molecule has 0 radical (unpaired) electrons. The van der Waals surface area contributed by atoms with Crippen LogP contribution in [0, 0.1) is 17.5 Å². The van der Waals surface area contributed by atoms with E-state index < -0.39 is 35.1 Å². The van der Waals surface area contributed by atoms with Crippen LogP contribution in [-0.4, -0.2) is 52.8 Å². The summed E-state index contributed by atoms with van der Waals surface area (Å²) in [5.41, 5.74) is 0. The smallest absolute Gasteiger partial charge is 0.414 e. The minimum atomic E-state index is -1.82. The first-order valence-corrected chi connectivity index (χ1v) is 6.25. The Labute approximate surface area is 123 Å². The van der Waals surface area contributed by atoms with Crippen LogP contribution in [0.15, 0.2) is 12.1 Å². The Balaban J connectivity index is 0.000000346. The van der Waals surface area contributed by atoms with Crippen LogP contribution in [0.1, 0.15) is 6.92 Å². The van der Waals surface area contributed by atoms with E-state index in [2.05, 4.69) is 4.90 Å². The molecule has 22 heavy (non-hydrogen) atoms. The van der Waals surface area contributed by atoms with Crippen LogP contribution in [0.3, 0.4) is 0 Å². The van der Waals surface area contributed by atoms with Crippen molar-refractivity contribution in [2.45, 2.75) is 13.0 Å². The lowest BCUT2D eigenvalue weighted by Gasteiger charge is -2.38. The van der Waals surface area contributed by atoms with E-state index in [1.54, 1.807) is 0 Å². The van der Waals surface area contributed by atoms with Crippen molar-refractivity contribution >= 4 is 11.9 Å². The first-order chi connectivity index (χ1) is 10.3. The zero-order valence-corrected chi connectivity index (χ0v) is 11.6. The molecule has 0 bridgehead atoms. The molecule has 1 aliphatic rings. The summed E-state index contributed by atoms with van der Waals surface area (Å²) >= 11 is 0. The van der Waals surface area contributed by atoms with E-state index in [1.807, 2.05) is 6.92 Å². The average molecular weight is 321 g/mol. The summed E-state index contributed by atoms with van der Waals surface area (Å²) < 4.78 is 44.3. The molecular formula is C13H14F3NO5. The zero-order chi connectivity index (χ0) is 16.9. The quantitative estimate of drug-likeness (QED) is 0.645. The molecular weight excluding hydrogens is 307 g/mol. The van der Waals surface area contributed by atoms with Crippen molar-refractivity contribution in [3.63, 3.8) is 0 Å². The molecule has 0 unspecified atom stereocenters. The normalized spacial score (nSPS) is 14.5. The van der Waals surface area contributed by atoms with Crippen LogP contribution in [0.5, 0.6) is 5.75 Å². The van der Waals surface area contributed by atoms with Crippen LogP contribution in [0.4, 0.5) is 13.2 Å². The first kappa shape index (κ1) is 17.8. The second-order valence-electron chi connectivity index (χ2n) is 4.37. The molecule has 0 spiro atoms. The van der Waals surface area contributed by atoms with Gasteiger partial charge in [-0.2, -0.15) is 4.39 Å². The Morgan fingerprint density at radius 3 is 2.14 bits per heavy atom. The van der Waals surface area contributed by atoms with E-state index in [0.29, 0.717) is 13.1 Å². The number of benzene rings is 1. The standard InChI is InChI=1S/C11H12F3NO.C2H2O4/c1-2-15-5-7(6-15)16-11-9(13)4-3-8(12)10(11)14;3-1(4)2(5)6/h3-4,7H,2,5-6H2,1H3;(H,3,4)(H,5,6). The number of likely N-dealkylation sites (tertiary alicyclic amines) is 1. The molecule has 2 N–H and O–H groups in total. The third-order valence-electron chi connectivity index (χ3n) is 2.84. The van der Waals surface area contributed by atoms with E-state index in [9.17, 15) is 13.2 Å². The van der Waals surface area contributed by atoms with Crippen molar-refractivity contribution in [3.8, 4) is 5.75 Å². The van der Waals surface area contributed by atoms with Gasteiger partial charge in [-0.05, 0) is 18.7 Å². The van der Waals surface area contributed by atoms with E-state index in [0.717, 1.165) is 18.7 Å². The van der Waals surface area contributed by atoms with Crippen molar-refractivity contribution in [1.82, 2.24) is 4.90 Å². The van der Waals surface area contributed by atoms with E-state index in [-0.39, 0.29) is 6.10 Å². The number of carboxylic acid groups (broad SMARTS) is 2. The largest absolute Gasteiger partial charge is 0.482 e. The highest BCUT2D eigenvalue weighted by atomic mass is 19.2. The number of ether oxygens (including phenoxy) is 1. The summed E-state index contributed by atoms with van der Waals surface area (Å²) in [6, 6.07) is 1.61. The van der Waals surface area contributed by atoms with Crippen LogP contribution in [0.2, 0.25) is 0 Å². The van der Waals surface area contributed by atoms with Gasteiger partial charge in [-0.15, -0.1) is 0 Å². The fraction of sp³-hybridized carbons (Fsp3) is 0.385. The molecule has 9 heteroatoms. The number of likely N-dealkylation sites (N-methyl/N-ethyl adjacent to an activating group) is 1. The molecule has 122 valence electrons. The van der Waals surface area contributed by atoms with Gasteiger partial charge in [-0.25, -0.2) is 18.4 Å². The number of carbonyl (C=O) groups is 2. The fourth-order valence-electron chi connectivity index (χ4n) is 1.64. The molecule has 0 atom stereocenters. The lowest BCUT2D eigenvalue weighted by Crippen LogP contribution is -2.53. The monoisotopic (exact) mass is 321 g/mol. The number of carboxylic acids is 2. The van der Waals surface area contributed by atoms with Crippen molar-refractivity contribution in [2.75, 3.05) is 19.6 Å². The maximum atomic E-state index is 13.2. The van der Waals surface area contributed by atoms with Gasteiger partial charge in [-0.3, -0.25) is 4.90 Å². The Morgan fingerprint density at radius 2 is 1.68 bits per heavy atom. The van der Waals surface area contributed by atoms with Crippen molar-refractivity contribution in [2.24, 2.45) is 0 Å². The highest BCUT2D eigenvalue weighted by Crippen LogP contribution is 2.26. The molecule has 0 amide bonds. The Bertz CT molecular complexity index is 549. The van der Waals surface area contributed by atoms with Crippen LogP contribution in [-0.2, 0) is 9.59 Å². The molecule has 1 heterocycles. The SMILES string of the molecule is CCN1CC(Oc2c(F)ccc(F)c2F)C1.O=C(O)C(=O)O. The highest BCUT2D eigenvalue weighted by molar-refractivity contribution is 6.27. The maximum absolute atomic E-state index is 13.2. The van der Waals surface area contributed by atoms with Gasteiger partial charge >= 0.3 is 11.9 Å². The zero-order valence-electron chi connectivity index (χ0n) is 11.6. The minimum absolute atomic E-state index is 0.259. The summed E-state index contributed by atoms with van der Waals surface area (Å²) in [6.07, 6.45) is -0.259. The maximum Gasteiger partial charge on any atom is 0.414 e. The number of halogens is 3. The molecule has 0 aliphatic carbocycles. The van der Waals surface area contributed by atoms with E-state index in [4.69, 9.17) is 24.5 Å². The van der Waals surface area contributed by atoms with Crippen molar-refractivity contribution < 1.29 is 37.7 Å². The summed E-state index contributed by atoms with van der Waals surface area (Å²) in [4.78, 5) is 20.3. The lowest BCUT2D eigenvalue weighted by molar-refractivity contribution is -0.159. The van der Waals surface area contributed by atoms with Gasteiger partial charge in [0.2, 0.25) is 5.82 Å². The van der Waals surface area contributed by atoms with Crippen LogP contribution < -0.4 is 4.74 Å². The number of hydrogen-bond acceptors (Lipinski definition) is 4. The van der Waals surface area contributed by atoms with Gasteiger partial charge in [-0.1, -0.05) is 6.92 Å². The number of aliphatic carboxylic acids is 2. The van der Waals surface area contributed by atoms with Crippen molar-refractivity contribution in [1.29, 1.82) is 0 Å². The predicted molar refractivity (Wildman–Crippen MR) is 68.1 cm³/mol. The number of rotatable bonds is 3. The lowest BCUT2D eigenvalue weighted by atomic mass is 10.1. The molecule has 1 saturated heterocycles. The van der Waals surface area contributed by atoms with Crippen LogP contribution in [0.25, 0.3) is 0 Å². The summed E-state index contributed by atoms with van der Waals surface area (Å²) in [7, 11) is 0. The second-order valence-corrected chi connectivity index (χ2v) is 4.37. The molecule has 0 aromatic heterocycles. The third kappa shape index (κ3) is 4.62. The van der Waals surface area contributed by atoms with E-state index in [1.165, 1.54) is 0 Å². The summed E-state index contributed by atoms with van der Waals surface area (Å²) in [5, 5.41) is 14.8. The van der Waals surface area contributed by atoms with Gasteiger partial charge in [0.25, 0.3) is 0 Å². The molecule has 1 aliphatic heterocycles. The molecule has 0 saturated carbocycles. The molecule has 6 nitrogen and oxygen atoms in total. The Kier molecular flexibility index (Phi) is 6.17. The van der Waals surface area contributed by atoms with Crippen molar-refractivity contribution in [3.05, 3.63) is 29.6 Å².